The van der Waals surface area contributed by atoms with Crippen molar-refractivity contribution in [2.75, 3.05) is 26.7 Å². The molecule has 0 bridgehead atoms. The number of carbonyl (C=O) groups excluding carboxylic acids is 1. The van der Waals surface area contributed by atoms with Crippen LogP contribution >= 0.6 is 0 Å². The molecule has 2 N–H and O–H groups in total. The number of ether oxygens (including phenoxy) is 1. The molecule has 0 radical (unpaired) electrons. The number of hydrogen-bond acceptors (Lipinski definition) is 6. The van der Waals surface area contributed by atoms with Crippen molar-refractivity contribution in [2.45, 2.75) is 35.9 Å². The molecule has 8 nitrogen and oxygen atoms in total. The van der Waals surface area contributed by atoms with Gasteiger partial charge in [-0.15, -0.1) is 0 Å². The second kappa shape index (κ2) is 7.90. The maximum absolute atomic E-state index is 12.7. The zero-order valence-corrected chi connectivity index (χ0v) is 17.9. The van der Waals surface area contributed by atoms with E-state index in [9.17, 15) is 15.0 Å². The van der Waals surface area contributed by atoms with Gasteiger partial charge in [-0.1, -0.05) is 21.8 Å². The Bertz CT molecular complexity index is 1090. The van der Waals surface area contributed by atoms with Crippen LogP contribution in [0.5, 0.6) is 11.5 Å². The van der Waals surface area contributed by atoms with Crippen molar-refractivity contribution in [3.05, 3.63) is 63.5 Å². The Labute approximate surface area is 186 Å². The molecule has 2 heterocycles. The number of likely N-dealkylation sites (tertiary alicyclic amines) is 1. The highest BCUT2D eigenvalue weighted by molar-refractivity contribution is 5.95. The molecule has 4 rings (SSSR count). The summed E-state index contributed by atoms with van der Waals surface area (Å²) in [7, 11) is 1.60. The van der Waals surface area contributed by atoms with Crippen molar-refractivity contribution in [3.8, 4) is 24.6 Å². The molecule has 2 unspecified atom stereocenters. The Hall–Kier alpha value is -3.46. The van der Waals surface area contributed by atoms with E-state index in [1.165, 1.54) is 18.3 Å². The number of nitrogens with zero attached hydrogens (tertiary/aromatic N) is 4. The number of aromatic nitrogens is 1. The third kappa shape index (κ3) is 3.69. The Morgan fingerprint density at radius 1 is 1.19 bits per heavy atom. The second-order valence-electron chi connectivity index (χ2n) is 8.90. The van der Waals surface area contributed by atoms with Crippen LogP contribution in [0.2, 0.25) is 0 Å². The molecule has 2 atom stereocenters. The number of methoxy groups -OCH3 is 1. The van der Waals surface area contributed by atoms with E-state index < -0.39 is 16.7 Å². The lowest BCUT2D eigenvalue weighted by atomic mass is 9.84. The number of hydrogen-bond donors (Lipinski definition) is 2. The number of carbonyl (C=O) groups is 1. The predicted octanol–water partition coefficient (Wildman–Crippen LogP) is 2.46. The molecule has 164 valence electrons. The molecule has 2 aliphatic rings. The predicted molar refractivity (Wildman–Crippen MR) is 120 cm³/mol. The molecule has 2 aromatic rings. The summed E-state index contributed by atoms with van der Waals surface area (Å²) in [6.45, 7) is 12.5. The van der Waals surface area contributed by atoms with Gasteiger partial charge in [-0.05, 0) is 29.8 Å². The number of rotatable bonds is 6. The van der Waals surface area contributed by atoms with Crippen LogP contribution in [-0.4, -0.2) is 69.3 Å². The number of fused-ring (bicyclic) bond motifs is 1. The fraction of sp³-hybridized carbons (Fsp3) is 0.417. The van der Waals surface area contributed by atoms with E-state index in [0.717, 1.165) is 5.56 Å². The Kier molecular flexibility index (Phi) is 5.37. The highest BCUT2D eigenvalue weighted by atomic mass is 16.5. The van der Waals surface area contributed by atoms with Crippen molar-refractivity contribution < 1.29 is 19.7 Å². The molecule has 0 spiro atoms. The Balaban J connectivity index is 1.53. The lowest BCUT2D eigenvalue weighted by Gasteiger charge is -2.23. The first-order chi connectivity index (χ1) is 15.3. The van der Waals surface area contributed by atoms with E-state index >= 15 is 0 Å². The number of benzene rings is 1. The number of Topliss-reactive ketones (excluding diaryl/α,β-unsaturated/α-hetero) is 1. The van der Waals surface area contributed by atoms with Crippen LogP contribution in [0, 0.1) is 13.1 Å². The van der Waals surface area contributed by atoms with Crippen LogP contribution in [0.1, 0.15) is 28.9 Å². The van der Waals surface area contributed by atoms with E-state index in [4.69, 9.17) is 17.9 Å². The Morgan fingerprint density at radius 3 is 2.44 bits per heavy atom. The first-order valence-corrected chi connectivity index (χ1v) is 10.4. The third-order valence-electron chi connectivity index (χ3n) is 6.64. The molecular weight excluding hydrogens is 408 g/mol. The fourth-order valence-electron chi connectivity index (χ4n) is 5.33. The Morgan fingerprint density at radius 2 is 1.88 bits per heavy atom. The summed E-state index contributed by atoms with van der Waals surface area (Å²) in [5.41, 5.74) is -1.73. The highest BCUT2D eigenvalue weighted by Crippen LogP contribution is 2.55. The monoisotopic (exact) mass is 434 g/mol. The molecule has 1 saturated carbocycles. The van der Waals surface area contributed by atoms with Crippen LogP contribution in [0.3, 0.4) is 0 Å². The standard InChI is InChI=1S/C24H25N4O4/c1-25-23-13-22(31,10-17-5-4-6-19(9-17)32-3)14-24(23,26-2)16-28(15-23)12-21(30)20-8-7-18(29)11-27-20/h1-2,4-9,11,31H,10,12-16H2,3H3/q+1/p+1. The van der Waals surface area contributed by atoms with Gasteiger partial charge in [-0.2, -0.15) is 0 Å². The summed E-state index contributed by atoms with van der Waals surface area (Å²) in [4.78, 5) is 26.9. The molecule has 2 fully saturated rings. The minimum Gasteiger partial charge on any atom is -0.506 e. The van der Waals surface area contributed by atoms with Gasteiger partial charge in [0.2, 0.25) is 0 Å². The summed E-state index contributed by atoms with van der Waals surface area (Å²) in [6.07, 6.45) is 2.17. The smallest absolute Gasteiger partial charge is 0.376 e. The molecule has 1 aromatic heterocycles. The topological polar surface area (TPSA) is 91.6 Å². The average molecular weight is 434 g/mol. The summed E-state index contributed by atoms with van der Waals surface area (Å²) < 4.78 is 5.29. The highest BCUT2D eigenvalue weighted by Gasteiger charge is 2.83. The van der Waals surface area contributed by atoms with Gasteiger partial charge in [-0.3, -0.25) is 9.69 Å². The SMILES string of the molecule is C#[N+]C12CN(CC(=O)c3ccc(O)cn3)CC1([N+]#C)CC(O)(Cc1cccc(OC)c1)C2. The van der Waals surface area contributed by atoms with Gasteiger partial charge in [0.25, 0.3) is 13.1 Å². The van der Waals surface area contributed by atoms with Crippen molar-refractivity contribution in [1.82, 2.24) is 9.88 Å². The van der Waals surface area contributed by atoms with Gasteiger partial charge in [0.15, 0.2) is 5.78 Å². The molecule has 1 saturated heterocycles. The summed E-state index contributed by atoms with van der Waals surface area (Å²) in [5, 5.41) is 20.9. The van der Waals surface area contributed by atoms with Crippen molar-refractivity contribution in [1.29, 1.82) is 0 Å². The maximum atomic E-state index is 12.7. The fourth-order valence-corrected chi connectivity index (χ4v) is 5.33. The normalized spacial score (nSPS) is 29.1. The van der Waals surface area contributed by atoms with Gasteiger partial charge in [-0.25, -0.2) is 4.98 Å². The van der Waals surface area contributed by atoms with Gasteiger partial charge in [0.1, 0.15) is 17.2 Å². The van der Waals surface area contributed by atoms with Crippen LogP contribution in [0.4, 0.5) is 0 Å². The minimum absolute atomic E-state index is 0.00524. The summed E-state index contributed by atoms with van der Waals surface area (Å²) in [5.74, 6) is 0.513. The van der Waals surface area contributed by atoms with E-state index in [1.54, 1.807) is 7.11 Å². The first kappa shape index (κ1) is 21.8. The largest absolute Gasteiger partial charge is 0.506 e. The molecule has 1 aromatic carbocycles. The van der Waals surface area contributed by atoms with Crippen LogP contribution in [0.25, 0.3) is 9.69 Å². The maximum Gasteiger partial charge on any atom is 0.376 e. The molecule has 1 aliphatic carbocycles. The molecule has 1 aliphatic heterocycles. The number of aromatic hydroxyl groups is 1. The zero-order chi connectivity index (χ0) is 23.0. The van der Waals surface area contributed by atoms with Crippen LogP contribution in [-0.2, 0) is 6.42 Å². The lowest BCUT2D eigenvalue weighted by molar-refractivity contribution is 0.0354. The van der Waals surface area contributed by atoms with Gasteiger partial charge >= 0.3 is 11.1 Å². The molecular formula is C24H26N4O4+2. The zero-order valence-electron chi connectivity index (χ0n) is 17.9. The quantitative estimate of drug-likeness (QED) is 0.679. The van der Waals surface area contributed by atoms with E-state index in [2.05, 4.69) is 14.7 Å². The summed E-state index contributed by atoms with van der Waals surface area (Å²) >= 11 is 0. The average Bonchev–Trinajstić information content (AvgIpc) is 3.18. The number of ketones is 1. The second-order valence-corrected chi connectivity index (χ2v) is 8.90. The van der Waals surface area contributed by atoms with Crippen molar-refractivity contribution in [3.63, 3.8) is 0 Å². The van der Waals surface area contributed by atoms with Crippen molar-refractivity contribution >= 4 is 5.78 Å². The third-order valence-corrected chi connectivity index (χ3v) is 6.64. The van der Waals surface area contributed by atoms with E-state index in [1.807, 2.05) is 29.2 Å². The molecule has 32 heavy (non-hydrogen) atoms. The van der Waals surface area contributed by atoms with Crippen LogP contribution in [0.15, 0.2) is 42.6 Å². The lowest BCUT2D eigenvalue weighted by Crippen LogP contribution is -2.43. The molecule has 8 heteroatoms. The molecule has 0 amide bonds. The number of aliphatic hydroxyl groups is 1. The van der Waals surface area contributed by atoms with E-state index in [0.29, 0.717) is 25.3 Å². The number of pyridine rings is 1. The minimum atomic E-state index is -1.10. The van der Waals surface area contributed by atoms with Crippen LogP contribution < -0.4 is 4.74 Å². The van der Waals surface area contributed by atoms with E-state index in [-0.39, 0.29) is 36.6 Å². The van der Waals surface area contributed by atoms with Gasteiger partial charge < -0.3 is 14.9 Å². The first-order valence-electron chi connectivity index (χ1n) is 10.4. The van der Waals surface area contributed by atoms with Gasteiger partial charge in [0, 0.05) is 6.42 Å². The van der Waals surface area contributed by atoms with Crippen molar-refractivity contribution in [2.24, 2.45) is 0 Å². The summed E-state index contributed by atoms with van der Waals surface area (Å²) in [6, 6.07) is 10.5. The van der Waals surface area contributed by atoms with Gasteiger partial charge in [0.05, 0.1) is 51.4 Å².